The third-order valence-corrected chi connectivity index (χ3v) is 4.45. The van der Waals surface area contributed by atoms with Crippen molar-refractivity contribution in [3.8, 4) is 0 Å². The Labute approximate surface area is 141 Å². The van der Waals surface area contributed by atoms with E-state index in [2.05, 4.69) is 20.1 Å². The summed E-state index contributed by atoms with van der Waals surface area (Å²) < 4.78 is 6.83. The number of rotatable bonds is 6. The quantitative estimate of drug-likeness (QED) is 0.777. The zero-order valence-electron chi connectivity index (χ0n) is 14.5. The molecule has 0 unspecified atom stereocenters. The number of hydrogen-bond donors (Lipinski definition) is 0. The highest BCUT2D eigenvalue weighted by Crippen LogP contribution is 2.18. The van der Waals surface area contributed by atoms with Crippen LogP contribution in [0.3, 0.4) is 0 Å². The molecule has 0 bridgehead atoms. The maximum atomic E-state index is 12.0. The molecule has 0 aromatic carbocycles. The molecule has 0 aliphatic carbocycles. The molecule has 3 rings (SSSR count). The molecule has 24 heavy (non-hydrogen) atoms. The molecule has 3 heterocycles. The van der Waals surface area contributed by atoms with Crippen molar-refractivity contribution in [2.75, 3.05) is 19.6 Å². The van der Waals surface area contributed by atoms with Crippen molar-refractivity contribution in [2.24, 2.45) is 7.05 Å². The second kappa shape index (κ2) is 7.12. The van der Waals surface area contributed by atoms with Gasteiger partial charge in [0.15, 0.2) is 5.82 Å². The van der Waals surface area contributed by atoms with Crippen LogP contribution in [0.2, 0.25) is 0 Å². The summed E-state index contributed by atoms with van der Waals surface area (Å²) in [6.45, 7) is 6.63. The summed E-state index contributed by atoms with van der Waals surface area (Å²) in [7, 11) is 1.93. The van der Waals surface area contributed by atoms with Gasteiger partial charge in [0.25, 0.3) is 0 Å². The molecule has 0 spiro atoms. The molecule has 0 saturated carbocycles. The van der Waals surface area contributed by atoms with Gasteiger partial charge in [0, 0.05) is 52.8 Å². The zero-order valence-corrected chi connectivity index (χ0v) is 14.5. The molecule has 2 aromatic rings. The van der Waals surface area contributed by atoms with E-state index in [-0.39, 0.29) is 11.9 Å². The molecule has 1 saturated heterocycles. The number of amides is 1. The Morgan fingerprint density at radius 1 is 1.50 bits per heavy atom. The highest BCUT2D eigenvalue weighted by atomic mass is 16.5. The summed E-state index contributed by atoms with van der Waals surface area (Å²) in [5.74, 6) is 1.14. The number of likely N-dealkylation sites (tertiary alicyclic amines) is 1. The van der Waals surface area contributed by atoms with Gasteiger partial charge in [-0.1, -0.05) is 5.16 Å². The lowest BCUT2D eigenvalue weighted by Gasteiger charge is -2.27. The normalized spacial score (nSPS) is 18.2. The molecule has 8 heteroatoms. The minimum atomic E-state index is 0.0524. The van der Waals surface area contributed by atoms with Crippen molar-refractivity contribution >= 4 is 5.91 Å². The lowest BCUT2D eigenvalue weighted by molar-refractivity contribution is -0.131. The molecule has 0 radical (unpaired) electrons. The van der Waals surface area contributed by atoms with Crippen LogP contribution >= 0.6 is 0 Å². The Bertz CT molecular complexity index is 694. The highest BCUT2D eigenvalue weighted by Gasteiger charge is 2.30. The van der Waals surface area contributed by atoms with Gasteiger partial charge < -0.3 is 14.3 Å². The highest BCUT2D eigenvalue weighted by molar-refractivity contribution is 5.73. The van der Waals surface area contributed by atoms with E-state index >= 15 is 0 Å². The number of carbonyl (C=O) groups excluding carboxylic acids is 1. The van der Waals surface area contributed by atoms with Crippen molar-refractivity contribution in [3.63, 3.8) is 0 Å². The Morgan fingerprint density at radius 3 is 2.96 bits per heavy atom. The molecular formula is C16H24N6O2. The number of carbonyl (C=O) groups is 1. The summed E-state index contributed by atoms with van der Waals surface area (Å²) in [4.78, 5) is 20.5. The Kier molecular flexibility index (Phi) is 4.94. The minimum Gasteiger partial charge on any atom is -0.340 e. The SMILES string of the molecule is CC(=O)N(Cc1noc(C)n1)[C@H]1CCN(CCc2cnn(C)c2)C1. The van der Waals surface area contributed by atoms with Crippen LogP contribution in [0.5, 0.6) is 0 Å². The van der Waals surface area contributed by atoms with Crippen molar-refractivity contribution in [2.45, 2.75) is 39.3 Å². The number of aromatic nitrogens is 4. The van der Waals surface area contributed by atoms with E-state index in [0.717, 1.165) is 32.5 Å². The minimum absolute atomic E-state index is 0.0524. The molecule has 1 amide bonds. The second-order valence-corrected chi connectivity index (χ2v) is 6.39. The number of nitrogens with zero attached hydrogens (tertiary/aromatic N) is 6. The van der Waals surface area contributed by atoms with E-state index in [0.29, 0.717) is 18.3 Å². The zero-order chi connectivity index (χ0) is 17.1. The number of hydrogen-bond acceptors (Lipinski definition) is 6. The fourth-order valence-electron chi connectivity index (χ4n) is 3.21. The fraction of sp³-hybridized carbons (Fsp3) is 0.625. The van der Waals surface area contributed by atoms with Crippen LogP contribution in [0, 0.1) is 6.92 Å². The lowest BCUT2D eigenvalue weighted by atomic mass is 10.2. The Hall–Kier alpha value is -2.22. The van der Waals surface area contributed by atoms with Crippen molar-refractivity contribution in [1.82, 2.24) is 29.7 Å². The van der Waals surface area contributed by atoms with E-state index in [1.807, 2.05) is 29.0 Å². The first-order valence-corrected chi connectivity index (χ1v) is 8.27. The molecule has 8 nitrogen and oxygen atoms in total. The summed E-state index contributed by atoms with van der Waals surface area (Å²) in [6, 6.07) is 0.204. The maximum absolute atomic E-state index is 12.0. The van der Waals surface area contributed by atoms with Crippen molar-refractivity contribution < 1.29 is 9.32 Å². The van der Waals surface area contributed by atoms with E-state index < -0.39 is 0 Å². The van der Waals surface area contributed by atoms with Crippen molar-refractivity contribution in [3.05, 3.63) is 29.7 Å². The average molecular weight is 332 g/mol. The first kappa shape index (κ1) is 16.6. The van der Waals surface area contributed by atoms with Gasteiger partial charge in [0.05, 0.1) is 12.7 Å². The van der Waals surface area contributed by atoms with Gasteiger partial charge in [-0.3, -0.25) is 9.48 Å². The first-order chi connectivity index (χ1) is 11.5. The van der Waals surface area contributed by atoms with Gasteiger partial charge in [-0.15, -0.1) is 0 Å². The predicted octanol–water partition coefficient (Wildman–Crippen LogP) is 0.777. The lowest BCUT2D eigenvalue weighted by Crippen LogP contribution is -2.40. The maximum Gasteiger partial charge on any atom is 0.223 e. The third kappa shape index (κ3) is 4.00. The summed E-state index contributed by atoms with van der Waals surface area (Å²) >= 11 is 0. The van der Waals surface area contributed by atoms with Crippen LogP contribution in [-0.4, -0.2) is 61.3 Å². The standard InChI is InChI=1S/C16H24N6O2/c1-12-18-16(19-24-12)11-22(13(2)23)15-5-7-21(10-15)6-4-14-8-17-20(3)9-14/h8-9,15H,4-7,10-11H2,1-3H3/t15-/m0/s1. The molecule has 2 aromatic heterocycles. The molecule has 1 aliphatic heterocycles. The van der Waals surface area contributed by atoms with E-state index in [4.69, 9.17) is 4.52 Å². The van der Waals surface area contributed by atoms with Crippen LogP contribution in [0.4, 0.5) is 0 Å². The second-order valence-electron chi connectivity index (χ2n) is 6.39. The van der Waals surface area contributed by atoms with Crippen LogP contribution < -0.4 is 0 Å². The largest absolute Gasteiger partial charge is 0.340 e. The van der Waals surface area contributed by atoms with Crippen LogP contribution in [0.25, 0.3) is 0 Å². The molecular weight excluding hydrogens is 308 g/mol. The van der Waals surface area contributed by atoms with E-state index in [1.54, 1.807) is 13.8 Å². The van der Waals surface area contributed by atoms with E-state index in [9.17, 15) is 4.79 Å². The van der Waals surface area contributed by atoms with Crippen LogP contribution in [-0.2, 0) is 24.8 Å². The first-order valence-electron chi connectivity index (χ1n) is 8.27. The van der Waals surface area contributed by atoms with Gasteiger partial charge in [-0.2, -0.15) is 10.1 Å². The van der Waals surface area contributed by atoms with Gasteiger partial charge in [-0.05, 0) is 18.4 Å². The molecule has 1 atom stereocenters. The van der Waals surface area contributed by atoms with Gasteiger partial charge >= 0.3 is 0 Å². The summed E-state index contributed by atoms with van der Waals surface area (Å²) in [5, 5.41) is 8.10. The molecule has 1 fully saturated rings. The van der Waals surface area contributed by atoms with Crippen molar-refractivity contribution in [1.29, 1.82) is 0 Å². The third-order valence-electron chi connectivity index (χ3n) is 4.45. The van der Waals surface area contributed by atoms with Gasteiger partial charge in [-0.25, -0.2) is 0 Å². The topological polar surface area (TPSA) is 80.3 Å². The summed E-state index contributed by atoms with van der Waals surface area (Å²) in [5.41, 5.74) is 1.24. The fourth-order valence-corrected chi connectivity index (χ4v) is 3.21. The number of aryl methyl sites for hydroxylation is 2. The average Bonchev–Trinajstić information content (AvgIpc) is 3.24. The molecule has 1 aliphatic rings. The monoisotopic (exact) mass is 332 g/mol. The van der Waals surface area contributed by atoms with Gasteiger partial charge in [0.2, 0.25) is 11.8 Å². The molecule has 130 valence electrons. The smallest absolute Gasteiger partial charge is 0.223 e. The Morgan fingerprint density at radius 2 is 2.33 bits per heavy atom. The van der Waals surface area contributed by atoms with Gasteiger partial charge in [0.1, 0.15) is 0 Å². The predicted molar refractivity (Wildman–Crippen MR) is 87.0 cm³/mol. The molecule has 0 N–H and O–H groups in total. The summed E-state index contributed by atoms with van der Waals surface area (Å²) in [6.07, 6.45) is 5.91. The van der Waals surface area contributed by atoms with E-state index in [1.165, 1.54) is 5.56 Å². The Balaban J connectivity index is 1.54. The van der Waals surface area contributed by atoms with Crippen LogP contribution in [0.1, 0.15) is 30.6 Å². The van der Waals surface area contributed by atoms with Crippen LogP contribution in [0.15, 0.2) is 16.9 Å².